The van der Waals surface area contributed by atoms with Crippen LogP contribution in [-0.2, 0) is 6.42 Å². The van der Waals surface area contributed by atoms with Crippen molar-refractivity contribution >= 4 is 23.3 Å². The van der Waals surface area contributed by atoms with Crippen LogP contribution in [-0.4, -0.2) is 35.6 Å². The molecule has 0 saturated heterocycles. The summed E-state index contributed by atoms with van der Waals surface area (Å²) in [7, 11) is 1.61. The molecule has 0 unspecified atom stereocenters. The number of aromatic nitrogens is 2. The van der Waals surface area contributed by atoms with Crippen LogP contribution in [0.4, 0.5) is 11.5 Å². The van der Waals surface area contributed by atoms with Gasteiger partial charge in [-0.25, -0.2) is 0 Å². The van der Waals surface area contributed by atoms with Crippen LogP contribution in [0, 0.1) is 0 Å². The van der Waals surface area contributed by atoms with E-state index >= 15 is 0 Å². The Balaban J connectivity index is 1.52. The maximum atomic E-state index is 12.2. The number of hydrogen-bond acceptors (Lipinski definition) is 5. The second-order valence-electron chi connectivity index (χ2n) is 6.08. The molecule has 1 aromatic heterocycles. The summed E-state index contributed by atoms with van der Waals surface area (Å²) in [4.78, 5) is 23.9. The third-order valence-electron chi connectivity index (χ3n) is 4.06. The average molecular weight is 375 g/mol. The van der Waals surface area contributed by atoms with Crippen molar-refractivity contribution in [3.8, 4) is 0 Å². The number of para-hydroxylation sites is 1. The number of rotatable bonds is 7. The summed E-state index contributed by atoms with van der Waals surface area (Å²) >= 11 is 0. The predicted molar refractivity (Wildman–Crippen MR) is 108 cm³/mol. The second-order valence-corrected chi connectivity index (χ2v) is 6.08. The van der Waals surface area contributed by atoms with Crippen molar-refractivity contribution < 1.29 is 9.59 Å². The fourth-order valence-corrected chi connectivity index (χ4v) is 2.61. The first-order valence-corrected chi connectivity index (χ1v) is 8.91. The maximum absolute atomic E-state index is 12.2. The lowest BCUT2D eigenvalue weighted by molar-refractivity contribution is 0.0962. The fraction of sp³-hybridized carbons (Fsp3) is 0.143. The lowest BCUT2D eigenvalue weighted by atomic mass is 10.1. The number of carbonyl (C=O) groups is 2. The molecule has 0 aliphatic carbocycles. The summed E-state index contributed by atoms with van der Waals surface area (Å²) in [5.74, 6) is 0.167. The van der Waals surface area contributed by atoms with Gasteiger partial charge in [0.05, 0.1) is 0 Å². The third-order valence-corrected chi connectivity index (χ3v) is 4.06. The van der Waals surface area contributed by atoms with Crippen molar-refractivity contribution in [2.24, 2.45) is 0 Å². The summed E-state index contributed by atoms with van der Waals surface area (Å²) < 4.78 is 0. The van der Waals surface area contributed by atoms with E-state index in [2.05, 4.69) is 26.1 Å². The molecule has 2 aromatic carbocycles. The monoisotopic (exact) mass is 375 g/mol. The summed E-state index contributed by atoms with van der Waals surface area (Å²) in [6.45, 7) is 0.626. The van der Waals surface area contributed by atoms with Crippen LogP contribution in [0.15, 0.2) is 66.7 Å². The highest BCUT2D eigenvalue weighted by Crippen LogP contribution is 2.09. The normalized spacial score (nSPS) is 10.2. The largest absolute Gasteiger partial charge is 0.368 e. The molecule has 3 rings (SSSR count). The number of carbonyl (C=O) groups excluding carboxylic acids is 2. The molecule has 0 aliphatic heterocycles. The molecule has 2 amide bonds. The first-order chi connectivity index (χ1) is 13.7. The van der Waals surface area contributed by atoms with Crippen LogP contribution in [0.5, 0.6) is 0 Å². The Bertz CT molecular complexity index is 943. The zero-order valence-corrected chi connectivity index (χ0v) is 15.5. The Kier molecular flexibility index (Phi) is 6.30. The summed E-state index contributed by atoms with van der Waals surface area (Å²) in [6.07, 6.45) is 0.725. The lowest BCUT2D eigenvalue weighted by Crippen LogP contribution is -2.18. The number of nitrogens with one attached hydrogen (secondary N) is 3. The number of amides is 2. The van der Waals surface area contributed by atoms with Gasteiger partial charge in [0.1, 0.15) is 5.82 Å². The summed E-state index contributed by atoms with van der Waals surface area (Å²) in [5, 5.41) is 16.6. The van der Waals surface area contributed by atoms with E-state index in [1.54, 1.807) is 37.4 Å². The van der Waals surface area contributed by atoms with E-state index < -0.39 is 0 Å². The molecule has 3 aromatic rings. The molecule has 142 valence electrons. The third kappa shape index (κ3) is 5.14. The van der Waals surface area contributed by atoms with Gasteiger partial charge < -0.3 is 16.0 Å². The Morgan fingerprint density at radius 1 is 0.893 bits per heavy atom. The topological polar surface area (TPSA) is 96.0 Å². The Morgan fingerprint density at radius 3 is 2.43 bits per heavy atom. The minimum atomic E-state index is -0.309. The number of benzene rings is 2. The molecule has 1 heterocycles. The van der Waals surface area contributed by atoms with E-state index in [0.29, 0.717) is 23.6 Å². The van der Waals surface area contributed by atoms with E-state index in [0.717, 1.165) is 12.0 Å². The van der Waals surface area contributed by atoms with Gasteiger partial charge in [-0.3, -0.25) is 9.59 Å². The van der Waals surface area contributed by atoms with E-state index in [4.69, 9.17) is 0 Å². The molecule has 0 fully saturated rings. The van der Waals surface area contributed by atoms with Crippen molar-refractivity contribution in [1.29, 1.82) is 0 Å². The molecule has 0 atom stereocenters. The molecule has 0 bridgehead atoms. The smallest absolute Gasteiger partial charge is 0.276 e. The zero-order valence-electron chi connectivity index (χ0n) is 15.5. The fourth-order valence-electron chi connectivity index (χ4n) is 2.61. The molecular formula is C21H21N5O2. The summed E-state index contributed by atoms with van der Waals surface area (Å²) in [5.41, 5.74) is 2.62. The van der Waals surface area contributed by atoms with Crippen molar-refractivity contribution in [1.82, 2.24) is 15.5 Å². The average Bonchev–Trinajstić information content (AvgIpc) is 2.74. The predicted octanol–water partition coefficient (Wildman–Crippen LogP) is 2.74. The molecule has 0 aliphatic rings. The number of nitrogens with zero attached hydrogens (tertiary/aromatic N) is 2. The van der Waals surface area contributed by atoms with E-state index in [1.165, 1.54) is 0 Å². The lowest BCUT2D eigenvalue weighted by Gasteiger charge is -2.07. The molecule has 3 N–H and O–H groups in total. The van der Waals surface area contributed by atoms with Gasteiger partial charge in [0.15, 0.2) is 5.69 Å². The van der Waals surface area contributed by atoms with Gasteiger partial charge in [0.25, 0.3) is 11.8 Å². The van der Waals surface area contributed by atoms with E-state index in [-0.39, 0.29) is 17.5 Å². The van der Waals surface area contributed by atoms with Crippen molar-refractivity contribution in [2.45, 2.75) is 6.42 Å². The quantitative estimate of drug-likeness (QED) is 0.590. The van der Waals surface area contributed by atoms with Crippen LogP contribution in [0.3, 0.4) is 0 Å². The zero-order chi connectivity index (χ0) is 19.8. The van der Waals surface area contributed by atoms with E-state index in [1.807, 2.05) is 36.4 Å². The van der Waals surface area contributed by atoms with Gasteiger partial charge in [-0.05, 0) is 48.4 Å². The molecule has 0 radical (unpaired) electrons. The van der Waals surface area contributed by atoms with Gasteiger partial charge in [-0.1, -0.05) is 30.3 Å². The Morgan fingerprint density at radius 2 is 1.71 bits per heavy atom. The van der Waals surface area contributed by atoms with Crippen molar-refractivity contribution in [3.63, 3.8) is 0 Å². The van der Waals surface area contributed by atoms with Gasteiger partial charge >= 0.3 is 0 Å². The molecule has 0 spiro atoms. The molecule has 7 heteroatoms. The number of hydrogen-bond donors (Lipinski definition) is 3. The minimum absolute atomic E-state index is 0.106. The van der Waals surface area contributed by atoms with Gasteiger partial charge in [0.2, 0.25) is 0 Å². The summed E-state index contributed by atoms with van der Waals surface area (Å²) in [6, 6.07) is 20.0. The Hall–Kier alpha value is -3.74. The molecule has 28 heavy (non-hydrogen) atoms. The maximum Gasteiger partial charge on any atom is 0.276 e. The first-order valence-electron chi connectivity index (χ1n) is 8.91. The van der Waals surface area contributed by atoms with Crippen LogP contribution in [0.25, 0.3) is 0 Å². The highest BCUT2D eigenvalue weighted by Gasteiger charge is 2.08. The van der Waals surface area contributed by atoms with Crippen LogP contribution >= 0.6 is 0 Å². The van der Waals surface area contributed by atoms with Gasteiger partial charge in [-0.2, -0.15) is 0 Å². The van der Waals surface area contributed by atoms with Gasteiger partial charge in [-0.15, -0.1) is 10.2 Å². The minimum Gasteiger partial charge on any atom is -0.368 e. The van der Waals surface area contributed by atoms with Crippen LogP contribution in [0.1, 0.15) is 26.4 Å². The number of anilines is 2. The Labute approximate surface area is 163 Å². The van der Waals surface area contributed by atoms with Crippen molar-refractivity contribution in [3.05, 3.63) is 83.6 Å². The van der Waals surface area contributed by atoms with Gasteiger partial charge in [0, 0.05) is 24.8 Å². The highest BCUT2D eigenvalue weighted by molar-refractivity contribution is 6.02. The van der Waals surface area contributed by atoms with E-state index in [9.17, 15) is 9.59 Å². The molecular weight excluding hydrogens is 354 g/mol. The van der Waals surface area contributed by atoms with Crippen LogP contribution < -0.4 is 16.0 Å². The first kappa shape index (κ1) is 19.0. The second kappa shape index (κ2) is 9.27. The standard InChI is InChI=1S/C21H21N5O2/c1-22-20(27)16-7-5-6-15(14-16)12-13-23-19-11-10-18(25-26-19)21(28)24-17-8-3-2-4-9-17/h2-11,14H,12-13H2,1H3,(H,22,27)(H,23,26)(H,24,28). The molecule has 0 saturated carbocycles. The molecule has 7 nitrogen and oxygen atoms in total. The highest BCUT2D eigenvalue weighted by atomic mass is 16.2. The SMILES string of the molecule is CNC(=O)c1cccc(CCNc2ccc(C(=O)Nc3ccccc3)nn2)c1. The van der Waals surface area contributed by atoms with Crippen molar-refractivity contribution in [2.75, 3.05) is 24.2 Å². The van der Waals surface area contributed by atoms with Crippen LogP contribution in [0.2, 0.25) is 0 Å².